The van der Waals surface area contributed by atoms with Crippen molar-refractivity contribution in [2.24, 2.45) is 5.92 Å². The molecule has 25 heteroatoms. The Morgan fingerprint density at radius 1 is 0.646 bits per heavy atom. The van der Waals surface area contributed by atoms with Gasteiger partial charge in [-0.2, -0.15) is 13.2 Å². The Hall–Kier alpha value is -7.08. The zero-order valence-electron chi connectivity index (χ0n) is 45.0. The van der Waals surface area contributed by atoms with Crippen LogP contribution in [0, 0.1) is 5.92 Å². The number of fused-ring (bicyclic) bond motifs is 1. The molecule has 17 nitrogen and oxygen atoms in total. The standard InChI is InChI=1S/C21H23F3O7.C19H19F3O5Se.C17H18O5Se/c1-11-6-7-16(26)19(28)15(25)5-3-4-13-8-14(30-10-21(22,23)24)9-17(27)18(13)20(29)31-12(11)2;1-24-12-27-16-9-14(26-11-19(20,21)22)8-13(17(16)18(23)25-2)10-28-15-6-4-3-5-7-15;1-20-11-22-15-9-13(18)8-12(16(15)17(19)21-2)10-23-14-6-4-3-5-7-14/h3-4,6-9,11-12,15,19,25,27-28H,5,10H2,1-2H3;3-9H,10-12H2,1-2H3;3-9,18H,10-11H2,1-2H3/b4-3+,7-6-;;/t11-,12+,15+,19+;;/m1../s1. The number of alkyl halides is 6. The zero-order valence-corrected chi connectivity index (χ0v) is 48.4. The van der Waals surface area contributed by atoms with E-state index in [1.54, 1.807) is 19.9 Å². The summed E-state index contributed by atoms with van der Waals surface area (Å²) in [6.45, 7) is -0.0649. The third-order valence-corrected chi connectivity index (χ3v) is 15.6. The van der Waals surface area contributed by atoms with Crippen molar-refractivity contribution < 1.29 is 109 Å². The summed E-state index contributed by atoms with van der Waals surface area (Å²) < 4.78 is 122. The normalized spacial score (nSPS) is 17.1. The van der Waals surface area contributed by atoms with Crippen molar-refractivity contribution in [2.45, 2.75) is 61.6 Å². The minimum absolute atomic E-state index is 0.0171. The summed E-state index contributed by atoms with van der Waals surface area (Å²) in [5.41, 5.74) is 1.34. The van der Waals surface area contributed by atoms with Crippen molar-refractivity contribution in [2.75, 3.05) is 55.2 Å². The van der Waals surface area contributed by atoms with Crippen molar-refractivity contribution in [3.05, 3.63) is 149 Å². The average Bonchev–Trinajstić information content (AvgIpc) is 3.64. The van der Waals surface area contributed by atoms with E-state index in [0.29, 0.717) is 27.3 Å². The number of phenolic OH excluding ortho intramolecular Hbond substituents is 2. The number of methoxy groups -OCH3 is 4. The number of ketones is 1. The van der Waals surface area contributed by atoms with Crippen LogP contribution in [0.4, 0.5) is 26.3 Å². The van der Waals surface area contributed by atoms with Crippen LogP contribution in [0.1, 0.15) is 68.0 Å². The maximum Gasteiger partial charge on any atom is 0.422 e. The van der Waals surface area contributed by atoms with Gasteiger partial charge in [-0.1, -0.05) is 25.2 Å². The molecule has 1 heterocycles. The molecule has 444 valence electrons. The quantitative estimate of drug-likeness (QED) is 0.0220. The molecule has 0 amide bonds. The fourth-order valence-corrected chi connectivity index (χ4v) is 10.8. The van der Waals surface area contributed by atoms with Crippen LogP contribution in [0.25, 0.3) is 6.08 Å². The molecule has 0 radical (unpaired) electrons. The number of hydrogen-bond acceptors (Lipinski definition) is 17. The summed E-state index contributed by atoms with van der Waals surface area (Å²) in [4.78, 5) is 49.0. The van der Waals surface area contributed by atoms with Crippen LogP contribution in [0.2, 0.25) is 0 Å². The number of hydrogen-bond donors (Lipinski definition) is 4. The fourth-order valence-electron chi connectivity index (χ4n) is 6.99. The van der Waals surface area contributed by atoms with Gasteiger partial charge in [0, 0.05) is 12.0 Å². The Balaban J connectivity index is 0.000000267. The second-order valence-electron chi connectivity index (χ2n) is 17.3. The summed E-state index contributed by atoms with van der Waals surface area (Å²) >= 11 is 0.0571. The predicted octanol–water partition coefficient (Wildman–Crippen LogP) is 7.40. The molecular weight excluding hydrogens is 1230 g/mol. The number of benzene rings is 5. The Labute approximate surface area is 481 Å². The summed E-state index contributed by atoms with van der Waals surface area (Å²) in [6, 6.07) is 27.2. The number of carbonyl (C=O) groups is 4. The zero-order chi connectivity index (χ0) is 60.6. The van der Waals surface area contributed by atoms with E-state index >= 15 is 0 Å². The first-order chi connectivity index (χ1) is 38.9. The summed E-state index contributed by atoms with van der Waals surface area (Å²) in [5, 5.41) is 41.2. The third kappa shape index (κ3) is 22.3. The maximum atomic E-state index is 12.6. The van der Waals surface area contributed by atoms with E-state index in [2.05, 4.69) is 4.74 Å². The Morgan fingerprint density at radius 3 is 1.62 bits per heavy atom. The number of rotatable bonds is 18. The summed E-state index contributed by atoms with van der Waals surface area (Å²) in [5.74, 6) is -3.95. The van der Waals surface area contributed by atoms with E-state index in [1.165, 1.54) is 69.3 Å². The first kappa shape index (κ1) is 67.4. The monoisotopic (exact) mass is 1290 g/mol. The molecule has 82 heavy (non-hydrogen) atoms. The number of carbonyl (C=O) groups excluding carboxylic acids is 4. The van der Waals surface area contributed by atoms with Crippen LogP contribution >= 0.6 is 0 Å². The van der Waals surface area contributed by atoms with Gasteiger partial charge >= 0.3 is 320 Å². The molecule has 0 unspecified atom stereocenters. The van der Waals surface area contributed by atoms with Gasteiger partial charge < -0.3 is 24.8 Å². The minimum Gasteiger partial charge on any atom is -0.507 e. The number of aliphatic hydroxyl groups is 2. The molecule has 0 spiro atoms. The van der Waals surface area contributed by atoms with Gasteiger partial charge in [-0.3, -0.25) is 4.79 Å². The van der Waals surface area contributed by atoms with Crippen LogP contribution in [-0.4, -0.2) is 160 Å². The SMILES string of the molecule is COCOc1cc(O)cc(C[Se]c2ccccc2)c1C(=O)OC.COCOc1cc(OCC(F)(F)F)cc(C[Se]c2ccccc2)c1C(=O)OC.C[C@@H]1/C=C\C(=O)[C@@H](O)[C@@H](O)C/C=C/c2cc(OCC(F)(F)F)cc(O)c2C(=O)O[C@H]1C. The number of aliphatic hydroxyl groups excluding tert-OH is 2. The van der Waals surface area contributed by atoms with Gasteiger partial charge in [-0.15, -0.1) is 0 Å². The van der Waals surface area contributed by atoms with Crippen molar-refractivity contribution >= 4 is 68.6 Å². The molecule has 0 aliphatic carbocycles. The van der Waals surface area contributed by atoms with Crippen LogP contribution in [0.3, 0.4) is 0 Å². The van der Waals surface area contributed by atoms with Gasteiger partial charge in [0.2, 0.25) is 0 Å². The van der Waals surface area contributed by atoms with Gasteiger partial charge in [0.1, 0.15) is 29.3 Å². The average molecular weight is 1290 g/mol. The van der Waals surface area contributed by atoms with Crippen molar-refractivity contribution in [1.82, 2.24) is 0 Å². The largest absolute Gasteiger partial charge is 0.507 e. The Kier molecular flexibility index (Phi) is 27.2. The number of aromatic hydroxyl groups is 2. The van der Waals surface area contributed by atoms with Crippen molar-refractivity contribution in [3.8, 4) is 34.5 Å². The van der Waals surface area contributed by atoms with Crippen molar-refractivity contribution in [1.29, 1.82) is 0 Å². The first-order valence-corrected chi connectivity index (χ1v) is 28.5. The molecule has 6 rings (SSSR count). The van der Waals surface area contributed by atoms with Gasteiger partial charge in [0.25, 0.3) is 0 Å². The van der Waals surface area contributed by atoms with Crippen LogP contribution in [-0.2, 0) is 39.1 Å². The Morgan fingerprint density at radius 2 is 1.13 bits per heavy atom. The minimum atomic E-state index is -4.61. The second kappa shape index (κ2) is 33.1. The van der Waals surface area contributed by atoms with E-state index < -0.39 is 79.2 Å². The molecule has 0 saturated carbocycles. The summed E-state index contributed by atoms with van der Waals surface area (Å²) in [7, 11) is 5.42. The number of ether oxygens (including phenoxy) is 9. The van der Waals surface area contributed by atoms with E-state index in [-0.39, 0.29) is 95.4 Å². The van der Waals surface area contributed by atoms with Crippen LogP contribution in [0.5, 0.6) is 34.5 Å². The molecule has 5 aromatic carbocycles. The molecule has 1 aliphatic rings. The molecule has 0 aromatic heterocycles. The number of phenols is 2. The molecule has 5 aromatic rings. The molecule has 0 bridgehead atoms. The number of cyclic esters (lactones) is 1. The first-order valence-electron chi connectivity index (χ1n) is 24.4. The molecule has 1 aliphatic heterocycles. The molecular formula is C57H60F6O17Se2. The van der Waals surface area contributed by atoms with Crippen LogP contribution in [0.15, 0.2) is 115 Å². The molecule has 4 atom stereocenters. The summed E-state index contributed by atoms with van der Waals surface area (Å²) in [6.07, 6.45) is -8.17. The molecule has 4 N–H and O–H groups in total. The molecule has 0 saturated heterocycles. The topological polar surface area (TPSA) is 232 Å². The fraction of sp³-hybridized carbons (Fsp3) is 0.333. The van der Waals surface area contributed by atoms with E-state index in [9.17, 15) is 65.9 Å². The van der Waals surface area contributed by atoms with E-state index in [0.717, 1.165) is 22.7 Å². The van der Waals surface area contributed by atoms with Gasteiger partial charge in [-0.05, 0) is 31.1 Å². The molecule has 0 fully saturated rings. The predicted molar refractivity (Wildman–Crippen MR) is 288 cm³/mol. The van der Waals surface area contributed by atoms with E-state index in [1.807, 2.05) is 60.7 Å². The maximum absolute atomic E-state index is 12.6. The smallest absolute Gasteiger partial charge is 0.422 e. The van der Waals surface area contributed by atoms with Gasteiger partial charge in [0.15, 0.2) is 12.4 Å². The third-order valence-electron chi connectivity index (χ3n) is 11.1. The van der Waals surface area contributed by atoms with Crippen molar-refractivity contribution in [3.63, 3.8) is 0 Å². The van der Waals surface area contributed by atoms with Gasteiger partial charge in [-0.25, -0.2) is 4.79 Å². The van der Waals surface area contributed by atoms with E-state index in [4.69, 9.17) is 37.9 Å². The number of halogens is 6. The second-order valence-corrected chi connectivity index (χ2v) is 21.7. The van der Waals surface area contributed by atoms with Gasteiger partial charge in [0.05, 0.1) is 6.10 Å². The Bertz CT molecular complexity index is 2940. The van der Waals surface area contributed by atoms with Crippen LogP contribution < -0.4 is 27.9 Å². The number of esters is 3.